The molecule has 0 aliphatic heterocycles. The molecule has 0 bridgehead atoms. The van der Waals surface area contributed by atoms with Gasteiger partial charge in [-0.15, -0.1) is 0 Å². The van der Waals surface area contributed by atoms with Crippen molar-refractivity contribution < 1.29 is 9.72 Å². The molecule has 0 aliphatic rings. The lowest BCUT2D eigenvalue weighted by atomic mass is 10.0. The van der Waals surface area contributed by atoms with Gasteiger partial charge in [0, 0.05) is 28.6 Å². The molecule has 2 aromatic rings. The molecule has 20 heavy (non-hydrogen) atoms. The van der Waals surface area contributed by atoms with Gasteiger partial charge in [0.15, 0.2) is 5.78 Å². The molecule has 0 aromatic heterocycles. The van der Waals surface area contributed by atoms with E-state index in [4.69, 9.17) is 11.6 Å². The van der Waals surface area contributed by atoms with Crippen LogP contribution in [0.2, 0.25) is 5.02 Å². The van der Waals surface area contributed by atoms with Crippen molar-refractivity contribution in [3.63, 3.8) is 0 Å². The molecule has 0 saturated carbocycles. The molecular formula is C14H9BrClNO3. The van der Waals surface area contributed by atoms with Crippen LogP contribution in [0, 0.1) is 10.1 Å². The van der Waals surface area contributed by atoms with Crippen molar-refractivity contribution in [2.75, 3.05) is 0 Å². The normalized spacial score (nSPS) is 10.3. The minimum Gasteiger partial charge on any atom is -0.294 e. The number of nitro benzene ring substituents is 1. The standard InChI is InChI=1S/C14H9BrClNO3/c15-10-3-6-12(13(16)8-10)14(18)7-9-1-4-11(5-2-9)17(19)20/h1-6,8H,7H2. The summed E-state index contributed by atoms with van der Waals surface area (Å²) in [5, 5.41) is 10.9. The average molecular weight is 355 g/mol. The van der Waals surface area contributed by atoms with Gasteiger partial charge in [0.05, 0.1) is 9.95 Å². The molecule has 102 valence electrons. The van der Waals surface area contributed by atoms with Crippen molar-refractivity contribution in [2.45, 2.75) is 6.42 Å². The lowest BCUT2D eigenvalue weighted by Crippen LogP contribution is -2.04. The smallest absolute Gasteiger partial charge is 0.269 e. The third-order valence-corrected chi connectivity index (χ3v) is 3.55. The zero-order valence-corrected chi connectivity index (χ0v) is 12.5. The van der Waals surface area contributed by atoms with Crippen LogP contribution in [0.15, 0.2) is 46.9 Å². The number of halogens is 2. The molecular weight excluding hydrogens is 346 g/mol. The quantitative estimate of drug-likeness (QED) is 0.463. The molecule has 0 heterocycles. The molecule has 0 aliphatic carbocycles. The van der Waals surface area contributed by atoms with Crippen molar-refractivity contribution in [3.8, 4) is 0 Å². The van der Waals surface area contributed by atoms with Gasteiger partial charge in [-0.05, 0) is 23.8 Å². The maximum Gasteiger partial charge on any atom is 0.269 e. The van der Waals surface area contributed by atoms with Gasteiger partial charge in [0.2, 0.25) is 0 Å². The van der Waals surface area contributed by atoms with Gasteiger partial charge in [0.25, 0.3) is 5.69 Å². The Balaban J connectivity index is 2.17. The number of Topliss-reactive ketones (excluding diaryl/α,β-unsaturated/α-hetero) is 1. The van der Waals surface area contributed by atoms with E-state index >= 15 is 0 Å². The Hall–Kier alpha value is -1.72. The van der Waals surface area contributed by atoms with Gasteiger partial charge in [-0.3, -0.25) is 14.9 Å². The van der Waals surface area contributed by atoms with Gasteiger partial charge < -0.3 is 0 Å². The minimum atomic E-state index is -0.475. The Morgan fingerprint density at radius 3 is 2.40 bits per heavy atom. The molecule has 0 atom stereocenters. The molecule has 0 spiro atoms. The Morgan fingerprint density at radius 2 is 1.85 bits per heavy atom. The van der Waals surface area contributed by atoms with E-state index in [9.17, 15) is 14.9 Å². The lowest BCUT2D eigenvalue weighted by Gasteiger charge is -2.04. The van der Waals surface area contributed by atoms with E-state index in [1.165, 1.54) is 12.1 Å². The summed E-state index contributed by atoms with van der Waals surface area (Å²) in [6.07, 6.45) is 0.152. The topological polar surface area (TPSA) is 60.2 Å². The number of carbonyl (C=O) groups is 1. The number of benzene rings is 2. The number of hydrogen-bond acceptors (Lipinski definition) is 3. The van der Waals surface area contributed by atoms with Gasteiger partial charge in [-0.25, -0.2) is 0 Å². The summed E-state index contributed by atoms with van der Waals surface area (Å²) in [5.41, 5.74) is 1.15. The summed E-state index contributed by atoms with van der Waals surface area (Å²) >= 11 is 9.29. The highest BCUT2D eigenvalue weighted by Gasteiger charge is 2.12. The molecule has 0 fully saturated rings. The zero-order valence-electron chi connectivity index (χ0n) is 10.2. The maximum atomic E-state index is 12.1. The van der Waals surface area contributed by atoms with Gasteiger partial charge in [-0.2, -0.15) is 0 Å². The number of rotatable bonds is 4. The number of carbonyl (C=O) groups excluding carboxylic acids is 1. The van der Waals surface area contributed by atoms with E-state index in [-0.39, 0.29) is 17.9 Å². The van der Waals surface area contributed by atoms with Crippen LogP contribution in [-0.2, 0) is 6.42 Å². The van der Waals surface area contributed by atoms with Crippen molar-refractivity contribution in [3.05, 3.63) is 73.2 Å². The first-order chi connectivity index (χ1) is 9.47. The van der Waals surface area contributed by atoms with Crippen LogP contribution in [0.25, 0.3) is 0 Å². The number of non-ortho nitro benzene ring substituents is 1. The van der Waals surface area contributed by atoms with Crippen molar-refractivity contribution in [1.82, 2.24) is 0 Å². The SMILES string of the molecule is O=C(Cc1ccc([N+](=O)[O-])cc1)c1ccc(Br)cc1Cl. The number of ketones is 1. The predicted octanol–water partition coefficient (Wildman–Crippen LogP) is 4.44. The summed E-state index contributed by atoms with van der Waals surface area (Å²) in [6.45, 7) is 0. The molecule has 0 saturated heterocycles. The summed E-state index contributed by atoms with van der Waals surface area (Å²) in [7, 11) is 0. The van der Waals surface area contributed by atoms with Crippen LogP contribution < -0.4 is 0 Å². The Morgan fingerprint density at radius 1 is 1.20 bits per heavy atom. The summed E-state index contributed by atoms with van der Waals surface area (Å²) in [6, 6.07) is 11.0. The molecule has 0 radical (unpaired) electrons. The van der Waals surface area contributed by atoms with Gasteiger partial charge in [0.1, 0.15) is 0 Å². The van der Waals surface area contributed by atoms with E-state index in [0.717, 1.165) is 4.47 Å². The van der Waals surface area contributed by atoms with E-state index in [1.807, 2.05) is 0 Å². The molecule has 6 heteroatoms. The van der Waals surface area contributed by atoms with Crippen LogP contribution in [0.5, 0.6) is 0 Å². The molecule has 2 rings (SSSR count). The fourth-order valence-corrected chi connectivity index (χ4v) is 2.51. The highest BCUT2D eigenvalue weighted by molar-refractivity contribution is 9.10. The predicted molar refractivity (Wildman–Crippen MR) is 80.3 cm³/mol. The number of hydrogen-bond donors (Lipinski definition) is 0. The van der Waals surface area contributed by atoms with Crippen molar-refractivity contribution in [1.29, 1.82) is 0 Å². The second-order valence-corrected chi connectivity index (χ2v) is 5.47. The highest BCUT2D eigenvalue weighted by atomic mass is 79.9. The molecule has 2 aromatic carbocycles. The minimum absolute atomic E-state index is 0.00266. The van der Waals surface area contributed by atoms with E-state index in [2.05, 4.69) is 15.9 Å². The second kappa shape index (κ2) is 6.15. The molecule has 0 N–H and O–H groups in total. The summed E-state index contributed by atoms with van der Waals surface area (Å²) in [4.78, 5) is 22.2. The first-order valence-corrected chi connectivity index (χ1v) is 6.86. The molecule has 0 unspecified atom stereocenters. The van der Waals surface area contributed by atoms with E-state index in [1.54, 1.807) is 30.3 Å². The third kappa shape index (κ3) is 3.43. The van der Waals surface area contributed by atoms with Crippen LogP contribution in [0.1, 0.15) is 15.9 Å². The fourth-order valence-electron chi connectivity index (χ4n) is 1.73. The van der Waals surface area contributed by atoms with Gasteiger partial charge >= 0.3 is 0 Å². The number of nitrogens with zero attached hydrogens (tertiary/aromatic N) is 1. The first-order valence-electron chi connectivity index (χ1n) is 5.69. The van der Waals surface area contributed by atoms with E-state index < -0.39 is 4.92 Å². The van der Waals surface area contributed by atoms with Crippen molar-refractivity contribution >= 4 is 39.0 Å². The Labute approximate surface area is 128 Å². The van der Waals surface area contributed by atoms with E-state index in [0.29, 0.717) is 16.1 Å². The lowest BCUT2D eigenvalue weighted by molar-refractivity contribution is -0.384. The zero-order chi connectivity index (χ0) is 14.7. The fraction of sp³-hybridized carbons (Fsp3) is 0.0714. The Bertz CT molecular complexity index is 671. The van der Waals surface area contributed by atoms with Gasteiger partial charge in [-0.1, -0.05) is 39.7 Å². The Kier molecular flexibility index (Phi) is 4.52. The second-order valence-electron chi connectivity index (χ2n) is 4.15. The highest BCUT2D eigenvalue weighted by Crippen LogP contribution is 2.23. The average Bonchev–Trinajstić information content (AvgIpc) is 2.39. The summed E-state index contributed by atoms with van der Waals surface area (Å²) < 4.78 is 0.800. The monoisotopic (exact) mass is 353 g/mol. The first kappa shape index (κ1) is 14.7. The summed E-state index contributed by atoms with van der Waals surface area (Å²) in [5.74, 6) is -0.128. The van der Waals surface area contributed by atoms with Crippen LogP contribution >= 0.6 is 27.5 Å². The van der Waals surface area contributed by atoms with Crippen LogP contribution in [0.3, 0.4) is 0 Å². The third-order valence-electron chi connectivity index (χ3n) is 2.74. The van der Waals surface area contributed by atoms with Crippen LogP contribution in [0.4, 0.5) is 5.69 Å². The van der Waals surface area contributed by atoms with Crippen molar-refractivity contribution in [2.24, 2.45) is 0 Å². The molecule has 0 amide bonds. The largest absolute Gasteiger partial charge is 0.294 e. The maximum absolute atomic E-state index is 12.1. The van der Waals surface area contributed by atoms with Crippen LogP contribution in [-0.4, -0.2) is 10.7 Å². The molecule has 4 nitrogen and oxygen atoms in total. The number of nitro groups is 1.